The average Bonchev–Trinajstić information content (AvgIpc) is 2.55. The highest BCUT2D eigenvalue weighted by Crippen LogP contribution is 2.42. The van der Waals surface area contributed by atoms with Crippen LogP contribution in [-0.4, -0.2) is 35.8 Å². The lowest BCUT2D eigenvalue weighted by Crippen LogP contribution is -2.58. The van der Waals surface area contributed by atoms with Crippen LogP contribution in [0.15, 0.2) is 28.2 Å². The lowest BCUT2D eigenvalue weighted by molar-refractivity contribution is 0.0600. The molecular formula is C16H21N5O3. The molecule has 0 aromatic heterocycles. The average molecular weight is 331 g/mol. The first-order chi connectivity index (χ1) is 11.5. The quantitative estimate of drug-likeness (QED) is 0.701. The van der Waals surface area contributed by atoms with Gasteiger partial charge in [-0.1, -0.05) is 6.42 Å². The van der Waals surface area contributed by atoms with Gasteiger partial charge in [0, 0.05) is 0 Å². The zero-order valence-electron chi connectivity index (χ0n) is 13.5. The fraction of sp³-hybridized carbons (Fsp3) is 0.438. The van der Waals surface area contributed by atoms with E-state index in [0.29, 0.717) is 5.69 Å². The third kappa shape index (κ3) is 2.64. The zero-order valence-corrected chi connectivity index (χ0v) is 13.5. The molecule has 1 aliphatic heterocycles. The summed E-state index contributed by atoms with van der Waals surface area (Å²) >= 11 is 0. The van der Waals surface area contributed by atoms with Crippen LogP contribution in [-0.2, 0) is 4.74 Å². The third-order valence-electron chi connectivity index (χ3n) is 4.49. The third-order valence-corrected chi connectivity index (χ3v) is 4.49. The second kappa shape index (κ2) is 6.03. The van der Waals surface area contributed by atoms with Gasteiger partial charge >= 0.3 is 5.97 Å². The molecule has 3 rings (SSSR count). The minimum Gasteiger partial charge on any atom is -0.506 e. The van der Waals surface area contributed by atoms with Crippen molar-refractivity contribution >= 4 is 23.6 Å². The minimum atomic E-state index is -0.640. The Balaban J connectivity index is 2.05. The molecule has 2 aliphatic rings. The van der Waals surface area contributed by atoms with Gasteiger partial charge in [0.05, 0.1) is 18.4 Å². The highest BCUT2D eigenvalue weighted by Gasteiger charge is 2.43. The topological polar surface area (TPSA) is 127 Å². The molecule has 0 radical (unpaired) electrons. The number of carbonyl (C=O) groups is 1. The van der Waals surface area contributed by atoms with Gasteiger partial charge in [0.25, 0.3) is 0 Å². The number of benzene rings is 1. The normalized spacial score (nSPS) is 19.6. The van der Waals surface area contributed by atoms with E-state index in [2.05, 4.69) is 14.7 Å². The largest absolute Gasteiger partial charge is 0.506 e. The number of methoxy groups -OCH3 is 1. The number of rotatable bonds is 2. The molecule has 5 N–H and O–H groups in total. The molecule has 1 aromatic rings. The van der Waals surface area contributed by atoms with Gasteiger partial charge in [-0.25, -0.2) is 9.79 Å². The lowest BCUT2D eigenvalue weighted by Gasteiger charge is -2.45. The molecule has 1 saturated carbocycles. The maximum atomic E-state index is 11.6. The molecule has 0 unspecified atom stereocenters. The van der Waals surface area contributed by atoms with Gasteiger partial charge in [0.2, 0.25) is 11.9 Å². The second-order valence-electron chi connectivity index (χ2n) is 6.01. The number of esters is 1. The molecule has 1 aliphatic carbocycles. The van der Waals surface area contributed by atoms with Crippen molar-refractivity contribution < 1.29 is 14.6 Å². The highest BCUT2D eigenvalue weighted by atomic mass is 16.5. The maximum Gasteiger partial charge on any atom is 0.337 e. The fourth-order valence-electron chi connectivity index (χ4n) is 3.43. The summed E-state index contributed by atoms with van der Waals surface area (Å²) in [5.74, 6) is -0.273. The number of ether oxygens (including phenoxy) is 1. The molecule has 8 heteroatoms. The van der Waals surface area contributed by atoms with Crippen molar-refractivity contribution in [1.82, 2.24) is 0 Å². The molecule has 0 saturated heterocycles. The number of carbonyl (C=O) groups excluding carboxylic acids is 1. The molecule has 128 valence electrons. The Bertz CT molecular complexity index is 722. The molecule has 1 heterocycles. The summed E-state index contributed by atoms with van der Waals surface area (Å²) in [6, 6.07) is 4.55. The van der Waals surface area contributed by atoms with E-state index in [4.69, 9.17) is 11.5 Å². The van der Waals surface area contributed by atoms with Crippen LogP contribution in [0.5, 0.6) is 5.75 Å². The van der Waals surface area contributed by atoms with Crippen LogP contribution < -0.4 is 16.4 Å². The zero-order chi connectivity index (χ0) is 17.3. The van der Waals surface area contributed by atoms with E-state index >= 15 is 0 Å². The molecule has 0 bridgehead atoms. The van der Waals surface area contributed by atoms with E-state index in [1.165, 1.54) is 13.2 Å². The number of nitrogens with zero attached hydrogens (tertiary/aromatic N) is 3. The maximum absolute atomic E-state index is 11.6. The number of nitrogens with two attached hydrogens (primary N) is 2. The molecule has 1 aromatic carbocycles. The molecule has 8 nitrogen and oxygen atoms in total. The predicted molar refractivity (Wildman–Crippen MR) is 91.0 cm³/mol. The van der Waals surface area contributed by atoms with Gasteiger partial charge in [-0.15, -0.1) is 0 Å². The van der Waals surface area contributed by atoms with E-state index < -0.39 is 11.6 Å². The molecule has 1 fully saturated rings. The Morgan fingerprint density at radius 1 is 1.29 bits per heavy atom. The summed E-state index contributed by atoms with van der Waals surface area (Å²) in [4.78, 5) is 21.9. The van der Waals surface area contributed by atoms with E-state index in [1.807, 2.05) is 0 Å². The van der Waals surface area contributed by atoms with E-state index in [-0.39, 0.29) is 23.2 Å². The SMILES string of the molecule is COC(=O)c1ccc(N2C(N)=NC(N)=NC23CCCCC3)c(O)c1. The molecule has 1 spiro atoms. The van der Waals surface area contributed by atoms with E-state index in [1.54, 1.807) is 17.0 Å². The fourth-order valence-corrected chi connectivity index (χ4v) is 3.43. The number of aromatic hydroxyl groups is 1. The number of guanidine groups is 2. The Hall–Kier alpha value is -2.77. The van der Waals surface area contributed by atoms with Crippen molar-refractivity contribution in [3.8, 4) is 5.75 Å². The van der Waals surface area contributed by atoms with Gasteiger partial charge in [-0.2, -0.15) is 4.99 Å². The molecule has 0 amide bonds. The van der Waals surface area contributed by atoms with Crippen LogP contribution in [0.1, 0.15) is 42.5 Å². The number of hydrogen-bond donors (Lipinski definition) is 3. The summed E-state index contributed by atoms with van der Waals surface area (Å²) in [5.41, 5.74) is 12.0. The van der Waals surface area contributed by atoms with Crippen LogP contribution >= 0.6 is 0 Å². The number of phenolic OH excluding ortho intramolecular Hbond substituents is 1. The summed E-state index contributed by atoms with van der Waals surface area (Å²) < 4.78 is 4.67. The second-order valence-corrected chi connectivity index (χ2v) is 6.01. The van der Waals surface area contributed by atoms with Crippen LogP contribution in [0, 0.1) is 0 Å². The minimum absolute atomic E-state index is 0.0864. The van der Waals surface area contributed by atoms with Crippen molar-refractivity contribution in [3.05, 3.63) is 23.8 Å². The number of phenols is 1. The Kier molecular flexibility index (Phi) is 4.04. The van der Waals surface area contributed by atoms with E-state index in [9.17, 15) is 9.90 Å². The van der Waals surface area contributed by atoms with Crippen LogP contribution in [0.4, 0.5) is 5.69 Å². The molecule has 0 atom stereocenters. The standard InChI is InChI=1S/C16H21N5O3/c1-24-13(23)10-5-6-11(12(22)9-10)21-15(18)19-14(17)20-16(21)7-3-2-4-8-16/h5-6,9,22H,2-4,7-8H2,1H3,(H4,17,18,19,20). The van der Waals surface area contributed by atoms with E-state index in [0.717, 1.165) is 32.1 Å². The first-order valence-corrected chi connectivity index (χ1v) is 7.88. The predicted octanol–water partition coefficient (Wildman–Crippen LogP) is 1.29. The van der Waals surface area contributed by atoms with Crippen LogP contribution in [0.25, 0.3) is 0 Å². The van der Waals surface area contributed by atoms with Crippen molar-refractivity contribution in [2.45, 2.75) is 37.8 Å². The number of anilines is 1. The molecular weight excluding hydrogens is 310 g/mol. The van der Waals surface area contributed by atoms with Crippen molar-refractivity contribution in [2.75, 3.05) is 12.0 Å². The first kappa shape index (κ1) is 16.1. The van der Waals surface area contributed by atoms with Gasteiger partial charge in [0.1, 0.15) is 11.4 Å². The Morgan fingerprint density at radius 3 is 2.62 bits per heavy atom. The summed E-state index contributed by atoms with van der Waals surface area (Å²) in [6.07, 6.45) is 4.63. The van der Waals surface area contributed by atoms with Crippen molar-refractivity contribution in [1.29, 1.82) is 0 Å². The Morgan fingerprint density at radius 2 is 2.00 bits per heavy atom. The van der Waals surface area contributed by atoms with Crippen LogP contribution in [0.3, 0.4) is 0 Å². The summed E-state index contributed by atoms with van der Waals surface area (Å²) in [5, 5.41) is 10.4. The number of hydrogen-bond acceptors (Lipinski definition) is 8. The van der Waals surface area contributed by atoms with Gasteiger partial charge in [-0.05, 0) is 43.9 Å². The number of aliphatic imine (C=N–C) groups is 2. The van der Waals surface area contributed by atoms with Crippen molar-refractivity contribution in [2.24, 2.45) is 21.5 Å². The smallest absolute Gasteiger partial charge is 0.337 e. The van der Waals surface area contributed by atoms with Gasteiger partial charge in [0.15, 0.2) is 0 Å². The van der Waals surface area contributed by atoms with Gasteiger partial charge in [-0.3, -0.25) is 4.90 Å². The lowest BCUT2D eigenvalue weighted by atomic mass is 9.87. The highest BCUT2D eigenvalue weighted by molar-refractivity contribution is 6.06. The summed E-state index contributed by atoms with van der Waals surface area (Å²) in [7, 11) is 1.29. The monoisotopic (exact) mass is 331 g/mol. The van der Waals surface area contributed by atoms with Crippen molar-refractivity contribution in [3.63, 3.8) is 0 Å². The van der Waals surface area contributed by atoms with Gasteiger partial charge < -0.3 is 21.3 Å². The summed E-state index contributed by atoms with van der Waals surface area (Å²) in [6.45, 7) is 0. The first-order valence-electron chi connectivity index (χ1n) is 7.88. The molecule has 24 heavy (non-hydrogen) atoms. The van der Waals surface area contributed by atoms with Crippen LogP contribution in [0.2, 0.25) is 0 Å². The Labute approximate surface area is 139 Å².